The largest absolute Gasteiger partial charge is 0.406 e. The Morgan fingerprint density at radius 3 is 2.48 bits per heavy atom. The summed E-state index contributed by atoms with van der Waals surface area (Å²) in [7, 11) is 0. The number of alkyl halides is 3. The van der Waals surface area contributed by atoms with E-state index in [1.165, 1.54) is 6.92 Å². The third kappa shape index (κ3) is 4.22. The van der Waals surface area contributed by atoms with Gasteiger partial charge in [-0.3, -0.25) is 14.9 Å². The number of nitrogen functional groups attached to an aromatic ring is 1. The highest BCUT2D eigenvalue weighted by molar-refractivity contribution is 6.34. The van der Waals surface area contributed by atoms with Crippen LogP contribution in [0.15, 0.2) is 12.1 Å². The molecule has 21 heavy (non-hydrogen) atoms. The summed E-state index contributed by atoms with van der Waals surface area (Å²) >= 11 is 5.67. The molecule has 0 fully saturated rings. The second-order valence-electron chi connectivity index (χ2n) is 4.08. The Labute approximate surface area is 122 Å². The highest BCUT2D eigenvalue weighted by atomic mass is 35.5. The molecular formula is C11H11ClF3N3O3. The lowest BCUT2D eigenvalue weighted by Crippen LogP contribution is -2.38. The van der Waals surface area contributed by atoms with E-state index >= 15 is 0 Å². The van der Waals surface area contributed by atoms with Gasteiger partial charge in [0.15, 0.2) is 0 Å². The van der Waals surface area contributed by atoms with Crippen molar-refractivity contribution in [2.45, 2.75) is 13.1 Å². The van der Waals surface area contributed by atoms with Crippen molar-refractivity contribution in [3.63, 3.8) is 0 Å². The fourth-order valence-corrected chi connectivity index (χ4v) is 1.82. The number of rotatable bonds is 4. The Morgan fingerprint density at radius 1 is 1.48 bits per heavy atom. The first kappa shape index (κ1) is 17.0. The van der Waals surface area contributed by atoms with Gasteiger partial charge in [0.25, 0.3) is 11.6 Å². The molecule has 1 aromatic rings. The van der Waals surface area contributed by atoms with Gasteiger partial charge in [-0.15, -0.1) is 0 Å². The molecule has 0 atom stereocenters. The number of hydrogen-bond acceptors (Lipinski definition) is 4. The summed E-state index contributed by atoms with van der Waals surface area (Å²) in [5, 5.41) is 10.5. The van der Waals surface area contributed by atoms with E-state index in [1.807, 2.05) is 0 Å². The van der Waals surface area contributed by atoms with Crippen molar-refractivity contribution in [3.05, 3.63) is 32.8 Å². The van der Waals surface area contributed by atoms with Crippen LogP contribution in [0.25, 0.3) is 0 Å². The molecule has 0 aliphatic rings. The Bertz CT molecular complexity index is 578. The molecule has 0 bridgehead atoms. The predicted octanol–water partition coefficient (Wildman–Crippen LogP) is 2.85. The number of carbonyl (C=O) groups excluding carboxylic acids is 1. The fraction of sp³-hybridized carbons (Fsp3) is 0.364. The predicted molar refractivity (Wildman–Crippen MR) is 70.2 cm³/mol. The van der Waals surface area contributed by atoms with Gasteiger partial charge in [-0.1, -0.05) is 11.6 Å². The van der Waals surface area contributed by atoms with Gasteiger partial charge in [-0.05, 0) is 13.0 Å². The molecule has 1 rings (SSSR count). The second-order valence-corrected chi connectivity index (χ2v) is 4.49. The third-order valence-electron chi connectivity index (χ3n) is 2.59. The highest BCUT2D eigenvalue weighted by Gasteiger charge is 2.33. The van der Waals surface area contributed by atoms with Gasteiger partial charge in [-0.25, -0.2) is 0 Å². The monoisotopic (exact) mass is 325 g/mol. The zero-order valence-electron chi connectivity index (χ0n) is 10.8. The lowest BCUT2D eigenvalue weighted by atomic mass is 10.1. The zero-order chi connectivity index (χ0) is 16.4. The number of carbonyl (C=O) groups is 1. The molecule has 0 unspecified atom stereocenters. The van der Waals surface area contributed by atoms with Gasteiger partial charge in [0.2, 0.25) is 0 Å². The Morgan fingerprint density at radius 2 is 2.05 bits per heavy atom. The number of benzene rings is 1. The van der Waals surface area contributed by atoms with Crippen LogP contribution < -0.4 is 5.73 Å². The second kappa shape index (κ2) is 6.17. The summed E-state index contributed by atoms with van der Waals surface area (Å²) in [4.78, 5) is 22.4. The smallest absolute Gasteiger partial charge is 0.392 e. The van der Waals surface area contributed by atoms with Crippen molar-refractivity contribution in [1.29, 1.82) is 0 Å². The van der Waals surface area contributed by atoms with Crippen LogP contribution in [-0.4, -0.2) is 35.0 Å². The average molecular weight is 326 g/mol. The van der Waals surface area contributed by atoms with Crippen LogP contribution in [0, 0.1) is 10.1 Å². The van der Waals surface area contributed by atoms with E-state index in [1.54, 1.807) is 0 Å². The van der Waals surface area contributed by atoms with Crippen molar-refractivity contribution in [3.8, 4) is 0 Å². The summed E-state index contributed by atoms with van der Waals surface area (Å²) < 4.78 is 37.1. The van der Waals surface area contributed by atoms with Gasteiger partial charge in [-0.2, -0.15) is 13.2 Å². The normalized spacial score (nSPS) is 11.3. The lowest BCUT2D eigenvalue weighted by Gasteiger charge is -2.22. The molecule has 0 aromatic heterocycles. The van der Waals surface area contributed by atoms with Crippen LogP contribution in [0.5, 0.6) is 0 Å². The number of nitrogens with zero attached hydrogens (tertiary/aromatic N) is 2. The van der Waals surface area contributed by atoms with Crippen LogP contribution in [0.3, 0.4) is 0 Å². The molecular weight excluding hydrogens is 315 g/mol. The summed E-state index contributed by atoms with van der Waals surface area (Å²) in [6, 6.07) is 1.81. The van der Waals surface area contributed by atoms with E-state index in [0.29, 0.717) is 4.90 Å². The number of hydrogen-bond donors (Lipinski definition) is 1. The van der Waals surface area contributed by atoms with E-state index in [-0.39, 0.29) is 22.8 Å². The minimum absolute atomic E-state index is 0.214. The Hall–Kier alpha value is -2.03. The van der Waals surface area contributed by atoms with E-state index in [2.05, 4.69) is 0 Å². The number of anilines is 1. The van der Waals surface area contributed by atoms with Gasteiger partial charge in [0, 0.05) is 18.2 Å². The minimum atomic E-state index is -4.57. The van der Waals surface area contributed by atoms with Gasteiger partial charge in [0.1, 0.15) is 12.2 Å². The summed E-state index contributed by atoms with van der Waals surface area (Å²) in [5.41, 5.74) is 4.08. The molecule has 0 aliphatic heterocycles. The first-order valence-corrected chi connectivity index (χ1v) is 6.04. The van der Waals surface area contributed by atoms with Gasteiger partial charge in [0.05, 0.1) is 9.95 Å². The van der Waals surface area contributed by atoms with E-state index in [4.69, 9.17) is 17.3 Å². The quantitative estimate of drug-likeness (QED) is 0.523. The standard InChI is InChI=1S/C11H11ClF3N3O3/c1-2-17(5-11(13,14)15)10(19)6-3-7(12)9(16)8(4-6)18(20)21/h3-4H,2,5,16H2,1H3. The van der Waals surface area contributed by atoms with Crippen molar-refractivity contribution >= 4 is 28.9 Å². The molecule has 0 saturated heterocycles. The molecule has 116 valence electrons. The van der Waals surface area contributed by atoms with Crippen LogP contribution in [0.4, 0.5) is 24.5 Å². The minimum Gasteiger partial charge on any atom is -0.392 e. The molecule has 2 N–H and O–H groups in total. The fourth-order valence-electron chi connectivity index (χ4n) is 1.60. The maximum absolute atomic E-state index is 12.4. The first-order chi connectivity index (χ1) is 9.56. The molecule has 0 radical (unpaired) electrons. The number of amides is 1. The zero-order valence-corrected chi connectivity index (χ0v) is 11.5. The average Bonchev–Trinajstić information content (AvgIpc) is 2.36. The third-order valence-corrected chi connectivity index (χ3v) is 2.90. The topological polar surface area (TPSA) is 89.5 Å². The first-order valence-electron chi connectivity index (χ1n) is 5.66. The molecule has 10 heteroatoms. The van der Waals surface area contributed by atoms with Crippen LogP contribution >= 0.6 is 11.6 Å². The van der Waals surface area contributed by atoms with Crippen molar-refractivity contribution in [1.82, 2.24) is 4.90 Å². The summed E-state index contributed by atoms with van der Waals surface area (Å²) in [6.45, 7) is -0.316. The number of halogens is 4. The maximum atomic E-state index is 12.4. The van der Waals surface area contributed by atoms with Gasteiger partial charge >= 0.3 is 6.18 Å². The van der Waals surface area contributed by atoms with Gasteiger partial charge < -0.3 is 10.6 Å². The van der Waals surface area contributed by atoms with Crippen LogP contribution in [0.1, 0.15) is 17.3 Å². The number of nitrogens with two attached hydrogens (primary N) is 1. The Balaban J connectivity index is 3.20. The SMILES string of the molecule is CCN(CC(F)(F)F)C(=O)c1cc(Cl)c(N)c([N+](=O)[O-])c1. The van der Waals surface area contributed by atoms with E-state index in [0.717, 1.165) is 12.1 Å². The molecule has 0 saturated carbocycles. The number of nitro benzene ring substituents is 1. The van der Waals surface area contributed by atoms with Crippen LogP contribution in [-0.2, 0) is 0 Å². The lowest BCUT2D eigenvalue weighted by molar-refractivity contribution is -0.383. The van der Waals surface area contributed by atoms with Crippen LogP contribution in [0.2, 0.25) is 5.02 Å². The molecule has 0 spiro atoms. The highest BCUT2D eigenvalue weighted by Crippen LogP contribution is 2.31. The summed E-state index contributed by atoms with van der Waals surface area (Å²) in [6.07, 6.45) is -4.57. The molecule has 1 amide bonds. The van der Waals surface area contributed by atoms with E-state index < -0.39 is 29.2 Å². The Kier molecular flexibility index (Phi) is 5.00. The summed E-state index contributed by atoms with van der Waals surface area (Å²) in [5.74, 6) is -1.01. The van der Waals surface area contributed by atoms with E-state index in [9.17, 15) is 28.1 Å². The van der Waals surface area contributed by atoms with Crippen molar-refractivity contribution in [2.24, 2.45) is 0 Å². The molecule has 0 aliphatic carbocycles. The van der Waals surface area contributed by atoms with Crippen molar-refractivity contribution < 1.29 is 22.9 Å². The molecule has 0 heterocycles. The molecule has 6 nitrogen and oxygen atoms in total. The molecule has 1 aromatic carbocycles. The number of nitro groups is 1. The van der Waals surface area contributed by atoms with Crippen molar-refractivity contribution in [2.75, 3.05) is 18.8 Å². The maximum Gasteiger partial charge on any atom is 0.406 e.